The summed E-state index contributed by atoms with van der Waals surface area (Å²) in [5.41, 5.74) is 4.61. The number of hydrogen-bond acceptors (Lipinski definition) is 5. The van der Waals surface area contributed by atoms with Gasteiger partial charge in [-0.05, 0) is 62.4 Å². The highest BCUT2D eigenvalue weighted by molar-refractivity contribution is 7.09. The van der Waals surface area contributed by atoms with Crippen LogP contribution < -0.4 is 4.74 Å². The van der Waals surface area contributed by atoms with Crippen molar-refractivity contribution >= 4 is 23.1 Å². The van der Waals surface area contributed by atoms with Gasteiger partial charge in [0.15, 0.2) is 6.61 Å². The van der Waals surface area contributed by atoms with Crippen molar-refractivity contribution in [3.05, 3.63) is 74.7 Å². The first-order valence-electron chi connectivity index (χ1n) is 9.93. The second kappa shape index (κ2) is 9.76. The van der Waals surface area contributed by atoms with Crippen LogP contribution in [0.3, 0.4) is 0 Å². The lowest BCUT2D eigenvalue weighted by molar-refractivity contribution is -0.143. The Labute approximate surface area is 181 Å². The standard InChI is InChI=1S/C24H27NO4S/c1-16-7-8-17(2)23(12-16)28-10-9-24(27)29-15-22(26)21-13-18(3)25(19(21)4)14-20-6-5-11-30-20/h5-8,11-13H,9-10,14-15H2,1-4H3. The third-order valence-electron chi connectivity index (χ3n) is 5.04. The predicted octanol–water partition coefficient (Wildman–Crippen LogP) is 5.03. The van der Waals surface area contributed by atoms with Crippen LogP contribution in [0.5, 0.6) is 5.75 Å². The number of aryl methyl sites for hydroxylation is 3. The van der Waals surface area contributed by atoms with Crippen LogP contribution in [0.25, 0.3) is 0 Å². The van der Waals surface area contributed by atoms with Gasteiger partial charge in [-0.1, -0.05) is 18.2 Å². The van der Waals surface area contributed by atoms with Crippen LogP contribution in [0.15, 0.2) is 41.8 Å². The highest BCUT2D eigenvalue weighted by Crippen LogP contribution is 2.21. The van der Waals surface area contributed by atoms with Gasteiger partial charge in [-0.3, -0.25) is 9.59 Å². The van der Waals surface area contributed by atoms with Gasteiger partial charge in [0.05, 0.1) is 19.6 Å². The third kappa shape index (κ3) is 5.39. The molecule has 0 spiro atoms. The third-order valence-corrected chi connectivity index (χ3v) is 5.90. The molecule has 0 radical (unpaired) electrons. The molecule has 0 aliphatic rings. The Morgan fingerprint density at radius 1 is 1.07 bits per heavy atom. The maximum Gasteiger partial charge on any atom is 0.309 e. The van der Waals surface area contributed by atoms with Crippen LogP contribution in [0.2, 0.25) is 0 Å². The summed E-state index contributed by atoms with van der Waals surface area (Å²) in [4.78, 5) is 25.9. The van der Waals surface area contributed by atoms with E-state index in [0.717, 1.165) is 34.8 Å². The molecule has 3 rings (SSSR count). The molecule has 0 N–H and O–H groups in total. The molecular weight excluding hydrogens is 398 g/mol. The Balaban J connectivity index is 1.50. The van der Waals surface area contributed by atoms with Crippen molar-refractivity contribution in [2.24, 2.45) is 0 Å². The molecule has 3 aromatic rings. The fourth-order valence-corrected chi connectivity index (χ4v) is 3.98. The number of ether oxygens (including phenoxy) is 2. The monoisotopic (exact) mass is 425 g/mol. The van der Waals surface area contributed by atoms with E-state index >= 15 is 0 Å². The fraction of sp³-hybridized carbons (Fsp3) is 0.333. The Morgan fingerprint density at radius 3 is 2.60 bits per heavy atom. The molecule has 2 aromatic heterocycles. The second-order valence-electron chi connectivity index (χ2n) is 7.40. The van der Waals surface area contributed by atoms with Gasteiger partial charge in [-0.15, -0.1) is 11.3 Å². The Bertz CT molecular complexity index is 1030. The van der Waals surface area contributed by atoms with E-state index in [4.69, 9.17) is 9.47 Å². The highest BCUT2D eigenvalue weighted by atomic mass is 32.1. The van der Waals surface area contributed by atoms with Gasteiger partial charge < -0.3 is 14.0 Å². The van der Waals surface area contributed by atoms with Gasteiger partial charge in [0.25, 0.3) is 0 Å². The summed E-state index contributed by atoms with van der Waals surface area (Å²) < 4.78 is 13.0. The van der Waals surface area contributed by atoms with E-state index in [1.807, 2.05) is 63.4 Å². The summed E-state index contributed by atoms with van der Waals surface area (Å²) in [6.45, 7) is 8.54. The van der Waals surface area contributed by atoms with Crippen molar-refractivity contribution in [2.45, 2.75) is 40.7 Å². The molecule has 30 heavy (non-hydrogen) atoms. The quantitative estimate of drug-likeness (QED) is 0.357. The van der Waals surface area contributed by atoms with Crippen LogP contribution in [0.1, 0.15) is 44.2 Å². The average Bonchev–Trinajstić information content (AvgIpc) is 3.32. The first-order chi connectivity index (χ1) is 14.3. The molecule has 0 amide bonds. The number of esters is 1. The van der Waals surface area contributed by atoms with Crippen LogP contribution in [-0.4, -0.2) is 29.5 Å². The molecule has 0 unspecified atom stereocenters. The van der Waals surface area contributed by atoms with Gasteiger partial charge in [0, 0.05) is 21.8 Å². The maximum atomic E-state index is 12.6. The van der Waals surface area contributed by atoms with E-state index in [0.29, 0.717) is 5.56 Å². The Hall–Kier alpha value is -2.86. The number of hydrogen-bond donors (Lipinski definition) is 0. The zero-order chi connectivity index (χ0) is 21.7. The molecule has 0 aliphatic carbocycles. The largest absolute Gasteiger partial charge is 0.493 e. The zero-order valence-electron chi connectivity index (χ0n) is 17.9. The first kappa shape index (κ1) is 21.8. The minimum Gasteiger partial charge on any atom is -0.493 e. The molecule has 6 heteroatoms. The summed E-state index contributed by atoms with van der Waals surface area (Å²) in [6.07, 6.45) is 0.0953. The van der Waals surface area contributed by atoms with Crippen molar-refractivity contribution in [1.82, 2.24) is 4.57 Å². The molecule has 5 nitrogen and oxygen atoms in total. The van der Waals surface area contributed by atoms with E-state index in [9.17, 15) is 9.59 Å². The maximum absolute atomic E-state index is 12.6. The molecule has 0 bridgehead atoms. The molecule has 0 saturated heterocycles. The Kier molecular flexibility index (Phi) is 7.11. The number of carbonyl (C=O) groups excluding carboxylic acids is 2. The second-order valence-corrected chi connectivity index (χ2v) is 8.43. The van der Waals surface area contributed by atoms with Crippen molar-refractivity contribution in [2.75, 3.05) is 13.2 Å². The number of benzene rings is 1. The number of ketones is 1. The number of rotatable bonds is 9. The SMILES string of the molecule is Cc1ccc(C)c(OCCC(=O)OCC(=O)c2cc(C)n(Cc3cccs3)c2C)c1. The number of nitrogens with zero attached hydrogens (tertiary/aromatic N) is 1. The smallest absolute Gasteiger partial charge is 0.309 e. The van der Waals surface area contributed by atoms with E-state index < -0.39 is 5.97 Å². The minimum absolute atomic E-state index is 0.0953. The summed E-state index contributed by atoms with van der Waals surface area (Å²) in [6, 6.07) is 11.9. The van der Waals surface area contributed by atoms with Crippen molar-refractivity contribution in [1.29, 1.82) is 0 Å². The van der Waals surface area contributed by atoms with Gasteiger partial charge >= 0.3 is 5.97 Å². The zero-order valence-corrected chi connectivity index (χ0v) is 18.7. The lowest BCUT2D eigenvalue weighted by atomic mass is 10.1. The molecular formula is C24H27NO4S. The average molecular weight is 426 g/mol. The molecule has 0 fully saturated rings. The van der Waals surface area contributed by atoms with Gasteiger partial charge in [-0.25, -0.2) is 0 Å². The van der Waals surface area contributed by atoms with E-state index in [-0.39, 0.29) is 25.4 Å². The summed E-state index contributed by atoms with van der Waals surface area (Å²) in [7, 11) is 0. The minimum atomic E-state index is -0.443. The molecule has 1 aromatic carbocycles. The van der Waals surface area contributed by atoms with Crippen LogP contribution in [-0.2, 0) is 16.1 Å². The van der Waals surface area contributed by atoms with E-state index in [2.05, 4.69) is 10.6 Å². The molecule has 0 aliphatic heterocycles. The summed E-state index contributed by atoms with van der Waals surface area (Å²) >= 11 is 1.69. The van der Waals surface area contributed by atoms with Gasteiger partial charge in [0.1, 0.15) is 5.75 Å². The predicted molar refractivity (Wildman–Crippen MR) is 119 cm³/mol. The number of Topliss-reactive ketones (excluding diaryl/α,β-unsaturated/α-hetero) is 1. The Morgan fingerprint density at radius 2 is 1.87 bits per heavy atom. The van der Waals surface area contributed by atoms with E-state index in [1.165, 1.54) is 4.88 Å². The van der Waals surface area contributed by atoms with Crippen molar-refractivity contribution in [3.63, 3.8) is 0 Å². The van der Waals surface area contributed by atoms with Crippen LogP contribution in [0.4, 0.5) is 0 Å². The number of thiophene rings is 1. The number of carbonyl (C=O) groups is 2. The van der Waals surface area contributed by atoms with E-state index in [1.54, 1.807) is 11.3 Å². The molecule has 0 saturated carbocycles. The topological polar surface area (TPSA) is 57.5 Å². The van der Waals surface area contributed by atoms with Gasteiger partial charge in [0.2, 0.25) is 5.78 Å². The van der Waals surface area contributed by atoms with Crippen LogP contribution >= 0.6 is 11.3 Å². The molecule has 158 valence electrons. The van der Waals surface area contributed by atoms with Gasteiger partial charge in [-0.2, -0.15) is 0 Å². The first-order valence-corrected chi connectivity index (χ1v) is 10.8. The molecule has 2 heterocycles. The van der Waals surface area contributed by atoms with Crippen molar-refractivity contribution < 1.29 is 19.1 Å². The normalized spacial score (nSPS) is 10.8. The highest BCUT2D eigenvalue weighted by Gasteiger charge is 2.18. The van der Waals surface area contributed by atoms with Crippen LogP contribution in [0, 0.1) is 27.7 Å². The number of aromatic nitrogens is 1. The lowest BCUT2D eigenvalue weighted by Gasteiger charge is -2.10. The fourth-order valence-electron chi connectivity index (χ4n) is 3.29. The summed E-state index contributed by atoms with van der Waals surface area (Å²) in [5, 5.41) is 2.04. The summed E-state index contributed by atoms with van der Waals surface area (Å²) in [5.74, 6) is 0.127. The van der Waals surface area contributed by atoms with Crippen molar-refractivity contribution in [3.8, 4) is 5.75 Å². The lowest BCUT2D eigenvalue weighted by Crippen LogP contribution is -2.17. The molecule has 0 atom stereocenters.